The van der Waals surface area contributed by atoms with Gasteiger partial charge in [0, 0.05) is 0 Å². The second kappa shape index (κ2) is 6.51. The predicted molar refractivity (Wildman–Crippen MR) is 86.2 cm³/mol. The predicted octanol–water partition coefficient (Wildman–Crippen LogP) is 3.85. The third-order valence-corrected chi connectivity index (χ3v) is 3.46. The van der Waals surface area contributed by atoms with Crippen LogP contribution < -0.4 is 0 Å². The maximum atomic E-state index is 12.1. The lowest BCUT2D eigenvalue weighted by atomic mass is 9.72. The van der Waals surface area contributed by atoms with Gasteiger partial charge in [-0.3, -0.25) is 4.79 Å². The summed E-state index contributed by atoms with van der Waals surface area (Å²) in [5.74, 6) is -1.95. The molecule has 0 aromatic heterocycles. The minimum absolute atomic E-state index is 0.00191. The van der Waals surface area contributed by atoms with Crippen LogP contribution in [0, 0.1) is 5.41 Å². The van der Waals surface area contributed by atoms with Gasteiger partial charge in [-0.1, -0.05) is 40.7 Å². The van der Waals surface area contributed by atoms with Crippen molar-refractivity contribution in [1.29, 1.82) is 0 Å². The molecular weight excluding hydrogens is 280 g/mol. The molecule has 1 aromatic carbocycles. The van der Waals surface area contributed by atoms with E-state index in [1.54, 1.807) is 19.1 Å². The Morgan fingerprint density at radius 2 is 1.73 bits per heavy atom. The van der Waals surface area contributed by atoms with Gasteiger partial charge in [0.05, 0.1) is 12.2 Å². The fourth-order valence-corrected chi connectivity index (χ4v) is 2.87. The first-order valence-corrected chi connectivity index (χ1v) is 7.53. The third kappa shape index (κ3) is 4.58. The van der Waals surface area contributed by atoms with Gasteiger partial charge in [-0.15, -0.1) is 0 Å². The highest BCUT2D eigenvalue weighted by Crippen LogP contribution is 2.37. The Morgan fingerprint density at radius 1 is 1.14 bits per heavy atom. The van der Waals surface area contributed by atoms with E-state index in [0.717, 1.165) is 12.0 Å². The number of aromatic hydroxyl groups is 1. The van der Waals surface area contributed by atoms with E-state index in [1.165, 1.54) is 6.07 Å². The zero-order valence-electron chi connectivity index (χ0n) is 14.3. The van der Waals surface area contributed by atoms with Gasteiger partial charge in [0.25, 0.3) is 5.78 Å². The Balaban J connectivity index is 3.19. The Morgan fingerprint density at radius 3 is 2.23 bits per heavy atom. The van der Waals surface area contributed by atoms with Crippen LogP contribution in [0.25, 0.3) is 0 Å². The molecule has 0 saturated carbocycles. The average Bonchev–Trinajstić information content (AvgIpc) is 2.35. The topological polar surface area (TPSA) is 63.6 Å². The van der Waals surface area contributed by atoms with Crippen molar-refractivity contribution < 1.29 is 19.4 Å². The zero-order valence-corrected chi connectivity index (χ0v) is 14.3. The first-order chi connectivity index (χ1) is 9.98. The van der Waals surface area contributed by atoms with Crippen molar-refractivity contribution in [2.75, 3.05) is 6.61 Å². The molecular formula is C18H26O4. The highest BCUT2D eigenvalue weighted by molar-refractivity contribution is 6.41. The minimum atomic E-state index is -0.941. The largest absolute Gasteiger partial charge is 0.507 e. The molecule has 1 rings (SSSR count). The number of benzene rings is 1. The molecule has 122 valence electrons. The third-order valence-electron chi connectivity index (χ3n) is 3.46. The van der Waals surface area contributed by atoms with Crippen LogP contribution in [0.3, 0.4) is 0 Å². The normalized spacial score (nSPS) is 12.1. The van der Waals surface area contributed by atoms with Gasteiger partial charge in [-0.05, 0) is 41.9 Å². The molecule has 4 nitrogen and oxygen atoms in total. The van der Waals surface area contributed by atoms with Gasteiger partial charge in [-0.25, -0.2) is 4.79 Å². The fourth-order valence-electron chi connectivity index (χ4n) is 2.87. The van der Waals surface area contributed by atoms with E-state index < -0.39 is 11.8 Å². The lowest BCUT2D eigenvalue weighted by Gasteiger charge is -2.33. The van der Waals surface area contributed by atoms with Gasteiger partial charge in [0.1, 0.15) is 5.75 Å². The van der Waals surface area contributed by atoms with Crippen molar-refractivity contribution in [3.05, 3.63) is 29.3 Å². The molecule has 0 fully saturated rings. The molecule has 0 aliphatic rings. The summed E-state index contributed by atoms with van der Waals surface area (Å²) in [5, 5.41) is 9.89. The molecule has 1 N–H and O–H groups in total. The number of phenolic OH excluding ortho intramolecular Hbond substituents is 1. The van der Waals surface area contributed by atoms with E-state index in [0.29, 0.717) is 0 Å². The number of ether oxygens (including phenoxy) is 1. The van der Waals surface area contributed by atoms with Crippen molar-refractivity contribution in [2.45, 2.75) is 53.4 Å². The number of carbonyl (C=O) groups is 2. The number of Topliss-reactive ketones (excluding diaryl/α,β-unsaturated/α-hetero) is 1. The lowest BCUT2D eigenvalue weighted by molar-refractivity contribution is -0.137. The standard InChI is InChI=1S/C18H26O4/c1-7-22-16(21)15(20)13-10-12(8-9-14(13)19)18(5,6)11-17(2,3)4/h8-10,19H,7,11H2,1-6H3. The quantitative estimate of drug-likeness (QED) is 0.510. The molecule has 0 unspecified atom stereocenters. The van der Waals surface area contributed by atoms with E-state index in [1.807, 2.05) is 0 Å². The first kappa shape index (κ1) is 18.2. The molecule has 0 bridgehead atoms. The molecule has 0 saturated heterocycles. The second-order valence-corrected chi connectivity index (χ2v) is 7.40. The Hall–Kier alpha value is -1.84. The van der Waals surface area contributed by atoms with E-state index in [-0.39, 0.29) is 28.7 Å². The van der Waals surface area contributed by atoms with E-state index in [4.69, 9.17) is 4.74 Å². The van der Waals surface area contributed by atoms with Crippen LogP contribution in [0.5, 0.6) is 5.75 Å². The summed E-state index contributed by atoms with van der Waals surface area (Å²) < 4.78 is 4.72. The first-order valence-electron chi connectivity index (χ1n) is 7.53. The van der Waals surface area contributed by atoms with Crippen LogP contribution in [0.1, 0.15) is 63.9 Å². The van der Waals surface area contributed by atoms with Crippen molar-refractivity contribution in [2.24, 2.45) is 5.41 Å². The SMILES string of the molecule is CCOC(=O)C(=O)c1cc(C(C)(C)CC(C)(C)C)ccc1O. The molecule has 0 aliphatic carbocycles. The number of carbonyl (C=O) groups excluding carboxylic acids is 2. The van der Waals surface area contributed by atoms with Crippen LogP contribution in [-0.4, -0.2) is 23.5 Å². The molecule has 0 radical (unpaired) electrons. The zero-order chi connectivity index (χ0) is 17.1. The number of hydrogen-bond donors (Lipinski definition) is 1. The van der Waals surface area contributed by atoms with Gasteiger partial charge in [-0.2, -0.15) is 0 Å². The average molecular weight is 306 g/mol. The summed E-state index contributed by atoms with van der Waals surface area (Å²) >= 11 is 0. The fraction of sp³-hybridized carbons (Fsp3) is 0.556. The van der Waals surface area contributed by atoms with Gasteiger partial charge < -0.3 is 9.84 Å². The van der Waals surface area contributed by atoms with Gasteiger partial charge in [0.2, 0.25) is 0 Å². The van der Waals surface area contributed by atoms with E-state index in [9.17, 15) is 14.7 Å². The smallest absolute Gasteiger partial charge is 0.379 e. The van der Waals surface area contributed by atoms with E-state index >= 15 is 0 Å². The summed E-state index contributed by atoms with van der Waals surface area (Å²) in [6.45, 7) is 12.4. The molecule has 4 heteroatoms. The molecule has 0 spiro atoms. The highest BCUT2D eigenvalue weighted by Gasteiger charge is 2.29. The minimum Gasteiger partial charge on any atom is -0.507 e. The second-order valence-electron chi connectivity index (χ2n) is 7.40. The van der Waals surface area contributed by atoms with Crippen LogP contribution in [0.4, 0.5) is 0 Å². The van der Waals surface area contributed by atoms with Crippen LogP contribution in [-0.2, 0) is 14.9 Å². The summed E-state index contributed by atoms with van der Waals surface area (Å²) in [6, 6.07) is 4.86. The molecule has 0 aliphatic heterocycles. The Labute approximate surface area is 132 Å². The van der Waals surface area contributed by atoms with Crippen molar-refractivity contribution in [3.8, 4) is 5.75 Å². The monoisotopic (exact) mass is 306 g/mol. The Kier molecular flexibility index (Phi) is 5.39. The number of ketones is 1. The van der Waals surface area contributed by atoms with Gasteiger partial charge in [0.15, 0.2) is 0 Å². The van der Waals surface area contributed by atoms with E-state index in [2.05, 4.69) is 34.6 Å². The maximum Gasteiger partial charge on any atom is 0.379 e. The van der Waals surface area contributed by atoms with Crippen molar-refractivity contribution in [3.63, 3.8) is 0 Å². The molecule has 0 amide bonds. The number of hydrogen-bond acceptors (Lipinski definition) is 4. The molecule has 0 heterocycles. The van der Waals surface area contributed by atoms with Crippen molar-refractivity contribution in [1.82, 2.24) is 0 Å². The number of esters is 1. The van der Waals surface area contributed by atoms with Crippen LogP contribution in [0.2, 0.25) is 0 Å². The summed E-state index contributed by atoms with van der Waals surface area (Å²) in [7, 11) is 0. The maximum absolute atomic E-state index is 12.1. The number of phenols is 1. The lowest BCUT2D eigenvalue weighted by Crippen LogP contribution is -2.25. The van der Waals surface area contributed by atoms with Crippen molar-refractivity contribution >= 4 is 11.8 Å². The summed E-state index contributed by atoms with van der Waals surface area (Å²) in [6.07, 6.45) is 0.901. The molecule has 0 atom stereocenters. The summed E-state index contributed by atoms with van der Waals surface area (Å²) in [4.78, 5) is 23.7. The number of rotatable bonds is 5. The Bertz CT molecular complexity index is 565. The highest BCUT2D eigenvalue weighted by atomic mass is 16.5. The van der Waals surface area contributed by atoms with Gasteiger partial charge >= 0.3 is 5.97 Å². The van der Waals surface area contributed by atoms with Crippen LogP contribution >= 0.6 is 0 Å². The molecule has 1 aromatic rings. The summed E-state index contributed by atoms with van der Waals surface area (Å²) in [5.41, 5.74) is 0.841. The van der Waals surface area contributed by atoms with Crippen LogP contribution in [0.15, 0.2) is 18.2 Å². The molecule has 22 heavy (non-hydrogen) atoms.